The van der Waals surface area contributed by atoms with E-state index >= 15 is 0 Å². The van der Waals surface area contributed by atoms with Gasteiger partial charge in [0.15, 0.2) is 11.5 Å². The fraction of sp³-hybridized carbons (Fsp3) is 0.333. The zero-order valence-corrected chi connectivity index (χ0v) is 16.5. The van der Waals surface area contributed by atoms with Crippen LogP contribution in [0.15, 0.2) is 53.1 Å². The molecule has 7 heteroatoms. The number of rotatable bonds is 10. The number of aromatic nitrogens is 2. The molecule has 3 aromatic rings. The Hall–Kier alpha value is -3.22. The number of methoxy groups -OCH3 is 2. The summed E-state index contributed by atoms with van der Waals surface area (Å²) in [6, 6.07) is 16.3. The molecule has 7 nitrogen and oxygen atoms in total. The van der Waals surface area contributed by atoms with Crippen LogP contribution in [0.3, 0.4) is 0 Å². The van der Waals surface area contributed by atoms with Crippen molar-refractivity contribution in [2.75, 3.05) is 44.1 Å². The number of nitrogens with zero attached hydrogens (tertiary/aromatic N) is 3. The number of benzene rings is 2. The van der Waals surface area contributed by atoms with Gasteiger partial charge in [0.25, 0.3) is 0 Å². The molecule has 3 rings (SSSR count). The second kappa shape index (κ2) is 9.64. The van der Waals surface area contributed by atoms with E-state index in [-0.39, 0.29) is 0 Å². The zero-order chi connectivity index (χ0) is 19.8. The first-order valence-electron chi connectivity index (χ1n) is 9.35. The molecule has 148 valence electrons. The predicted molar refractivity (Wildman–Crippen MR) is 110 cm³/mol. The standard InChI is InChI=1S/C21H26N4O3/c1-4-25(17-9-6-5-7-10-17)14-8-13-22-21-23-20(24-28-21)16-11-12-18(26-2)19(15-16)27-3/h5-7,9-12,15H,4,8,13-14H2,1-3H3,(H,22,23,24). The quantitative estimate of drug-likeness (QED) is 0.530. The predicted octanol–water partition coefficient (Wildman–Crippen LogP) is 4.08. The molecule has 0 spiro atoms. The lowest BCUT2D eigenvalue weighted by molar-refractivity contribution is 0.355. The average Bonchev–Trinajstić information content (AvgIpc) is 3.23. The molecule has 1 heterocycles. The molecule has 0 atom stereocenters. The fourth-order valence-corrected chi connectivity index (χ4v) is 2.96. The molecule has 0 aliphatic carbocycles. The number of hydrogen-bond acceptors (Lipinski definition) is 7. The second-order valence-electron chi connectivity index (χ2n) is 6.19. The normalized spacial score (nSPS) is 10.5. The first-order valence-corrected chi connectivity index (χ1v) is 9.35. The van der Waals surface area contributed by atoms with Crippen molar-refractivity contribution < 1.29 is 14.0 Å². The summed E-state index contributed by atoms with van der Waals surface area (Å²) in [5.74, 6) is 1.79. The number of hydrogen-bond donors (Lipinski definition) is 1. The van der Waals surface area contributed by atoms with Crippen LogP contribution < -0.4 is 19.7 Å². The Kier molecular flexibility index (Phi) is 6.73. The molecular weight excluding hydrogens is 356 g/mol. The smallest absolute Gasteiger partial charge is 0.321 e. The van der Waals surface area contributed by atoms with Crippen LogP contribution in [-0.4, -0.2) is 44.0 Å². The third-order valence-corrected chi connectivity index (χ3v) is 4.45. The van der Waals surface area contributed by atoms with Gasteiger partial charge in [0, 0.05) is 30.9 Å². The van der Waals surface area contributed by atoms with Crippen molar-refractivity contribution in [3.05, 3.63) is 48.5 Å². The van der Waals surface area contributed by atoms with E-state index in [1.54, 1.807) is 14.2 Å². The van der Waals surface area contributed by atoms with E-state index in [1.807, 2.05) is 24.3 Å². The number of ether oxygens (including phenoxy) is 2. The monoisotopic (exact) mass is 382 g/mol. The van der Waals surface area contributed by atoms with Gasteiger partial charge in [0.05, 0.1) is 14.2 Å². The summed E-state index contributed by atoms with van der Waals surface area (Å²) < 4.78 is 15.9. The maximum absolute atomic E-state index is 5.32. The van der Waals surface area contributed by atoms with Crippen molar-refractivity contribution in [3.8, 4) is 22.9 Å². The van der Waals surface area contributed by atoms with Crippen LogP contribution in [0.25, 0.3) is 11.4 Å². The summed E-state index contributed by atoms with van der Waals surface area (Å²) >= 11 is 0. The maximum Gasteiger partial charge on any atom is 0.321 e. The first-order chi connectivity index (χ1) is 13.7. The van der Waals surface area contributed by atoms with Crippen molar-refractivity contribution >= 4 is 11.7 Å². The highest BCUT2D eigenvalue weighted by atomic mass is 16.5. The van der Waals surface area contributed by atoms with Gasteiger partial charge in [0.2, 0.25) is 5.82 Å². The van der Waals surface area contributed by atoms with Crippen LogP contribution in [0, 0.1) is 0 Å². The number of para-hydroxylation sites is 1. The fourth-order valence-electron chi connectivity index (χ4n) is 2.96. The zero-order valence-electron chi connectivity index (χ0n) is 16.5. The van der Waals surface area contributed by atoms with Crippen LogP contribution in [-0.2, 0) is 0 Å². The minimum absolute atomic E-state index is 0.410. The molecule has 0 amide bonds. The summed E-state index contributed by atoms with van der Waals surface area (Å²) in [4.78, 5) is 6.75. The van der Waals surface area contributed by atoms with Crippen LogP contribution in [0.5, 0.6) is 11.5 Å². The highest BCUT2D eigenvalue weighted by molar-refractivity contribution is 5.61. The maximum atomic E-state index is 5.32. The van der Waals surface area contributed by atoms with Gasteiger partial charge in [-0.1, -0.05) is 23.4 Å². The van der Waals surface area contributed by atoms with Crippen LogP contribution in [0.2, 0.25) is 0 Å². The Morgan fingerprint density at radius 3 is 2.54 bits per heavy atom. The summed E-state index contributed by atoms with van der Waals surface area (Å²) in [6.07, 6.45) is 0.955. The lowest BCUT2D eigenvalue weighted by Crippen LogP contribution is -2.25. The van der Waals surface area contributed by atoms with Crippen molar-refractivity contribution in [2.24, 2.45) is 0 Å². The molecule has 1 N–H and O–H groups in total. The molecule has 0 bridgehead atoms. The van der Waals surface area contributed by atoms with Crippen molar-refractivity contribution in [2.45, 2.75) is 13.3 Å². The molecule has 0 aliphatic rings. The molecular formula is C21H26N4O3. The summed E-state index contributed by atoms with van der Waals surface area (Å²) in [6.45, 7) is 4.82. The van der Waals surface area contributed by atoms with Gasteiger partial charge in [-0.15, -0.1) is 0 Å². The highest BCUT2D eigenvalue weighted by Gasteiger charge is 2.12. The third kappa shape index (κ3) is 4.73. The van der Waals surface area contributed by atoms with E-state index in [0.29, 0.717) is 23.3 Å². The summed E-state index contributed by atoms with van der Waals surface area (Å²) in [5, 5.41) is 7.23. The Morgan fingerprint density at radius 1 is 1.04 bits per heavy atom. The van der Waals surface area contributed by atoms with Crippen LogP contribution in [0.4, 0.5) is 11.7 Å². The van der Waals surface area contributed by atoms with E-state index in [0.717, 1.165) is 31.6 Å². The Labute approximate surface area is 165 Å². The molecule has 0 saturated carbocycles. The van der Waals surface area contributed by atoms with Gasteiger partial charge in [-0.2, -0.15) is 4.98 Å². The molecule has 0 fully saturated rings. The van der Waals surface area contributed by atoms with Gasteiger partial charge < -0.3 is 24.2 Å². The van der Waals surface area contributed by atoms with Gasteiger partial charge in [-0.25, -0.2) is 0 Å². The molecule has 0 unspecified atom stereocenters. The van der Waals surface area contributed by atoms with Gasteiger partial charge in [-0.05, 0) is 43.7 Å². The van der Waals surface area contributed by atoms with Crippen LogP contribution in [0.1, 0.15) is 13.3 Å². The molecule has 0 radical (unpaired) electrons. The molecule has 1 aromatic heterocycles. The van der Waals surface area contributed by atoms with E-state index < -0.39 is 0 Å². The van der Waals surface area contributed by atoms with E-state index in [9.17, 15) is 0 Å². The Balaban J connectivity index is 1.54. The topological polar surface area (TPSA) is 72.7 Å². The molecule has 28 heavy (non-hydrogen) atoms. The molecule has 0 aliphatic heterocycles. The minimum atomic E-state index is 0.410. The largest absolute Gasteiger partial charge is 0.493 e. The summed E-state index contributed by atoms with van der Waals surface area (Å²) in [7, 11) is 3.20. The van der Waals surface area contributed by atoms with Gasteiger partial charge in [-0.3, -0.25) is 0 Å². The Morgan fingerprint density at radius 2 is 1.82 bits per heavy atom. The lowest BCUT2D eigenvalue weighted by Gasteiger charge is -2.22. The van der Waals surface area contributed by atoms with Crippen molar-refractivity contribution in [1.29, 1.82) is 0 Å². The first kappa shape index (κ1) is 19.5. The summed E-state index contributed by atoms with van der Waals surface area (Å²) in [5.41, 5.74) is 2.04. The van der Waals surface area contributed by atoms with Gasteiger partial charge >= 0.3 is 6.01 Å². The third-order valence-electron chi connectivity index (χ3n) is 4.45. The average molecular weight is 382 g/mol. The van der Waals surface area contributed by atoms with Crippen LogP contribution >= 0.6 is 0 Å². The van der Waals surface area contributed by atoms with Gasteiger partial charge in [0.1, 0.15) is 0 Å². The van der Waals surface area contributed by atoms with Crippen molar-refractivity contribution in [3.63, 3.8) is 0 Å². The van der Waals surface area contributed by atoms with E-state index in [1.165, 1.54) is 5.69 Å². The number of nitrogens with one attached hydrogen (secondary N) is 1. The Bertz CT molecular complexity index is 867. The lowest BCUT2D eigenvalue weighted by atomic mass is 10.2. The number of anilines is 2. The SMILES string of the molecule is CCN(CCCNc1nc(-c2ccc(OC)c(OC)c2)no1)c1ccccc1. The highest BCUT2D eigenvalue weighted by Crippen LogP contribution is 2.31. The minimum Gasteiger partial charge on any atom is -0.493 e. The van der Waals surface area contributed by atoms with Crippen molar-refractivity contribution in [1.82, 2.24) is 10.1 Å². The van der Waals surface area contributed by atoms with E-state index in [2.05, 4.69) is 51.5 Å². The van der Waals surface area contributed by atoms with E-state index in [4.69, 9.17) is 14.0 Å². The molecule has 2 aromatic carbocycles. The molecule has 0 saturated heterocycles. The second-order valence-corrected chi connectivity index (χ2v) is 6.19.